The van der Waals surface area contributed by atoms with Crippen molar-refractivity contribution in [2.75, 3.05) is 25.6 Å². The largest absolute Gasteiger partial charge is 0.495 e. The first-order chi connectivity index (χ1) is 16.8. The smallest absolute Gasteiger partial charge is 0.331 e. The van der Waals surface area contributed by atoms with Crippen LogP contribution in [0.25, 0.3) is 6.08 Å². The maximum Gasteiger partial charge on any atom is 0.331 e. The third kappa shape index (κ3) is 8.33. The Kier molecular flexibility index (Phi) is 10.5. The second kappa shape index (κ2) is 13.6. The molecule has 2 aromatic carbocycles. The summed E-state index contributed by atoms with van der Waals surface area (Å²) in [6, 6.07) is 9.08. The number of rotatable bonds is 13. The van der Waals surface area contributed by atoms with Gasteiger partial charge in [-0.2, -0.15) is 0 Å². The molecule has 0 heterocycles. The number of unbranched alkanes of at least 4 members (excludes halogenated alkanes) is 1. The van der Waals surface area contributed by atoms with E-state index in [0.29, 0.717) is 30.3 Å². The highest BCUT2D eigenvalue weighted by Gasteiger charge is 2.20. The third-order valence-corrected chi connectivity index (χ3v) is 4.75. The van der Waals surface area contributed by atoms with E-state index in [1.165, 1.54) is 38.3 Å². The fraction of sp³-hybridized carbons (Fsp3) is 0.360. The number of amides is 1. The van der Waals surface area contributed by atoms with Crippen LogP contribution in [0.5, 0.6) is 17.2 Å². The Hall–Kier alpha value is -4.08. The predicted molar refractivity (Wildman–Crippen MR) is 131 cm³/mol. The Morgan fingerprint density at radius 3 is 2.49 bits per heavy atom. The number of hydrogen-bond acceptors (Lipinski definition) is 8. The first-order valence-electron chi connectivity index (χ1n) is 11.2. The SMILES string of the molecule is CCCCOc1ccc(/C=C/C(=O)OC(C)C(=O)Nc2cc([N+](=O)[O-])ccc2OC)cc1OCC. The first-order valence-corrected chi connectivity index (χ1v) is 11.2. The lowest BCUT2D eigenvalue weighted by molar-refractivity contribution is -0.384. The van der Waals surface area contributed by atoms with Crippen LogP contribution in [-0.4, -0.2) is 43.2 Å². The van der Waals surface area contributed by atoms with Crippen molar-refractivity contribution in [3.8, 4) is 17.2 Å². The topological polar surface area (TPSA) is 126 Å². The van der Waals surface area contributed by atoms with Gasteiger partial charge in [-0.05, 0) is 50.1 Å². The molecule has 188 valence electrons. The van der Waals surface area contributed by atoms with Gasteiger partial charge >= 0.3 is 5.97 Å². The Morgan fingerprint density at radius 1 is 1.09 bits per heavy atom. The third-order valence-electron chi connectivity index (χ3n) is 4.75. The Bertz CT molecular complexity index is 1070. The highest BCUT2D eigenvalue weighted by molar-refractivity contribution is 5.97. The van der Waals surface area contributed by atoms with Crippen molar-refractivity contribution in [1.82, 2.24) is 0 Å². The Balaban J connectivity index is 2.02. The number of ether oxygens (including phenoxy) is 4. The van der Waals surface area contributed by atoms with Crippen molar-refractivity contribution in [2.45, 2.75) is 39.7 Å². The number of benzene rings is 2. The van der Waals surface area contributed by atoms with Gasteiger partial charge < -0.3 is 24.3 Å². The van der Waals surface area contributed by atoms with Crippen LogP contribution in [0.2, 0.25) is 0 Å². The number of anilines is 1. The lowest BCUT2D eigenvalue weighted by Gasteiger charge is -2.14. The molecule has 0 radical (unpaired) electrons. The highest BCUT2D eigenvalue weighted by Crippen LogP contribution is 2.30. The molecule has 10 nitrogen and oxygen atoms in total. The maximum atomic E-state index is 12.5. The van der Waals surface area contributed by atoms with E-state index in [1.807, 2.05) is 6.92 Å². The van der Waals surface area contributed by atoms with Crippen molar-refractivity contribution in [3.63, 3.8) is 0 Å². The van der Waals surface area contributed by atoms with E-state index in [1.54, 1.807) is 18.2 Å². The van der Waals surface area contributed by atoms with Gasteiger partial charge in [0.05, 0.1) is 30.9 Å². The number of nitro groups is 1. The molecule has 1 unspecified atom stereocenters. The van der Waals surface area contributed by atoms with Gasteiger partial charge in [-0.15, -0.1) is 0 Å². The number of non-ortho nitro benzene ring substituents is 1. The second-order valence-electron chi connectivity index (χ2n) is 7.38. The summed E-state index contributed by atoms with van der Waals surface area (Å²) in [6.45, 7) is 6.38. The number of nitro benzene ring substituents is 1. The van der Waals surface area contributed by atoms with Crippen molar-refractivity contribution in [1.29, 1.82) is 0 Å². The molecule has 1 atom stereocenters. The number of hydrogen-bond donors (Lipinski definition) is 1. The van der Waals surface area contributed by atoms with Gasteiger partial charge in [0.15, 0.2) is 17.6 Å². The molecule has 0 spiro atoms. The zero-order chi connectivity index (χ0) is 25.8. The van der Waals surface area contributed by atoms with Crippen molar-refractivity contribution < 1.29 is 33.5 Å². The number of carbonyl (C=O) groups excluding carboxylic acids is 2. The molecule has 0 saturated heterocycles. The minimum absolute atomic E-state index is 0.0924. The van der Waals surface area contributed by atoms with E-state index < -0.39 is 22.9 Å². The molecule has 1 N–H and O–H groups in total. The first kappa shape index (κ1) is 27.2. The lowest BCUT2D eigenvalue weighted by atomic mass is 10.2. The van der Waals surface area contributed by atoms with E-state index in [-0.39, 0.29) is 17.1 Å². The normalized spacial score (nSPS) is 11.5. The van der Waals surface area contributed by atoms with Crippen LogP contribution < -0.4 is 19.5 Å². The maximum absolute atomic E-state index is 12.5. The summed E-state index contributed by atoms with van der Waals surface area (Å²) >= 11 is 0. The van der Waals surface area contributed by atoms with E-state index in [2.05, 4.69) is 12.2 Å². The minimum Gasteiger partial charge on any atom is -0.495 e. The summed E-state index contributed by atoms with van der Waals surface area (Å²) in [5.74, 6) is 0.0203. The summed E-state index contributed by atoms with van der Waals surface area (Å²) in [6.07, 6.45) is 3.51. The zero-order valence-corrected chi connectivity index (χ0v) is 20.2. The number of nitrogens with one attached hydrogen (secondary N) is 1. The van der Waals surface area contributed by atoms with E-state index >= 15 is 0 Å². The number of esters is 1. The molecule has 35 heavy (non-hydrogen) atoms. The molecule has 0 saturated carbocycles. The molecule has 0 bridgehead atoms. The molecule has 10 heteroatoms. The summed E-state index contributed by atoms with van der Waals surface area (Å²) < 4.78 is 21.6. The fourth-order valence-electron chi connectivity index (χ4n) is 2.92. The minimum atomic E-state index is -1.16. The van der Waals surface area contributed by atoms with Crippen LogP contribution in [0.1, 0.15) is 39.2 Å². The van der Waals surface area contributed by atoms with Crippen molar-refractivity contribution >= 4 is 29.3 Å². The van der Waals surface area contributed by atoms with Gasteiger partial charge in [-0.3, -0.25) is 14.9 Å². The van der Waals surface area contributed by atoms with Gasteiger partial charge in [0.2, 0.25) is 0 Å². The van der Waals surface area contributed by atoms with Gasteiger partial charge in [0.25, 0.3) is 11.6 Å². The van der Waals surface area contributed by atoms with Gasteiger partial charge in [-0.25, -0.2) is 4.79 Å². The molecule has 0 fully saturated rings. The van der Waals surface area contributed by atoms with Gasteiger partial charge in [-0.1, -0.05) is 19.4 Å². The molecule has 2 rings (SSSR count). The van der Waals surface area contributed by atoms with Crippen LogP contribution >= 0.6 is 0 Å². The average molecular weight is 487 g/mol. The fourth-order valence-corrected chi connectivity index (χ4v) is 2.92. The molecular formula is C25H30N2O8. The van der Waals surface area contributed by atoms with E-state index in [4.69, 9.17) is 18.9 Å². The standard InChI is InChI=1S/C25H30N2O8/c1-5-7-14-34-22-11-8-18(15-23(22)33-6-2)9-13-24(28)35-17(3)25(29)26-20-16-19(27(30)31)10-12-21(20)32-4/h8-13,15-17H,5-7,14H2,1-4H3,(H,26,29)/b13-9+. The zero-order valence-electron chi connectivity index (χ0n) is 20.2. The molecule has 0 aromatic heterocycles. The molecule has 0 aliphatic heterocycles. The summed E-state index contributed by atoms with van der Waals surface area (Å²) in [5, 5.41) is 13.5. The van der Waals surface area contributed by atoms with E-state index in [9.17, 15) is 19.7 Å². The number of methoxy groups -OCH3 is 1. The van der Waals surface area contributed by atoms with Crippen LogP contribution in [-0.2, 0) is 14.3 Å². The molecule has 0 aliphatic rings. The Labute approximate surface area is 204 Å². The van der Waals surface area contributed by atoms with Crippen LogP contribution in [0.4, 0.5) is 11.4 Å². The van der Waals surface area contributed by atoms with Crippen LogP contribution in [0.3, 0.4) is 0 Å². The molecular weight excluding hydrogens is 456 g/mol. The number of carbonyl (C=O) groups is 2. The lowest BCUT2D eigenvalue weighted by Crippen LogP contribution is -2.29. The van der Waals surface area contributed by atoms with Crippen LogP contribution in [0.15, 0.2) is 42.5 Å². The van der Waals surface area contributed by atoms with Crippen LogP contribution in [0, 0.1) is 10.1 Å². The number of nitrogens with zero attached hydrogens (tertiary/aromatic N) is 1. The monoisotopic (exact) mass is 486 g/mol. The Morgan fingerprint density at radius 2 is 1.83 bits per heavy atom. The highest BCUT2D eigenvalue weighted by atomic mass is 16.6. The van der Waals surface area contributed by atoms with Crippen molar-refractivity contribution in [3.05, 3.63) is 58.2 Å². The predicted octanol–water partition coefficient (Wildman–Crippen LogP) is 4.76. The summed E-state index contributed by atoms with van der Waals surface area (Å²) in [5.41, 5.74) is 0.559. The molecule has 0 aliphatic carbocycles. The van der Waals surface area contributed by atoms with E-state index in [0.717, 1.165) is 18.9 Å². The summed E-state index contributed by atoms with van der Waals surface area (Å²) in [7, 11) is 1.37. The second-order valence-corrected chi connectivity index (χ2v) is 7.38. The molecule has 1 amide bonds. The van der Waals surface area contributed by atoms with Gasteiger partial charge in [0, 0.05) is 18.2 Å². The van der Waals surface area contributed by atoms with Crippen molar-refractivity contribution in [2.24, 2.45) is 0 Å². The quantitative estimate of drug-likeness (QED) is 0.141. The average Bonchev–Trinajstić information content (AvgIpc) is 2.84. The van der Waals surface area contributed by atoms with Gasteiger partial charge in [0.1, 0.15) is 5.75 Å². The molecule has 2 aromatic rings. The summed E-state index contributed by atoms with van der Waals surface area (Å²) in [4.78, 5) is 35.1.